The molecule has 0 amide bonds. The molecule has 7 heteroatoms. The summed E-state index contributed by atoms with van der Waals surface area (Å²) in [5.74, 6) is 0.397. The van der Waals surface area contributed by atoms with Crippen molar-refractivity contribution in [3.05, 3.63) is 22.9 Å². The third kappa shape index (κ3) is 3.91. The quantitative estimate of drug-likeness (QED) is 0.866. The number of anilines is 1. The van der Waals surface area contributed by atoms with E-state index in [9.17, 15) is 8.42 Å². The summed E-state index contributed by atoms with van der Waals surface area (Å²) in [5, 5.41) is 12.0. The highest BCUT2D eigenvalue weighted by Crippen LogP contribution is 2.17. The standard InChI is InChI=1S/C12H18N4O2S/c1-9-7-10(2)15-12(11(9)8-13)14-5-6-19(17,18)16(3)4/h7H,5-6H2,1-4H3,(H,14,15). The third-order valence-electron chi connectivity index (χ3n) is 2.67. The zero-order valence-corrected chi connectivity index (χ0v) is 12.4. The van der Waals surface area contributed by atoms with E-state index in [1.807, 2.05) is 19.9 Å². The molecule has 0 saturated carbocycles. The Morgan fingerprint density at radius 2 is 2.05 bits per heavy atom. The molecule has 0 unspecified atom stereocenters. The second kappa shape index (κ2) is 5.99. The van der Waals surface area contributed by atoms with E-state index in [0.717, 1.165) is 11.3 Å². The molecule has 1 heterocycles. The van der Waals surface area contributed by atoms with Gasteiger partial charge in [-0.05, 0) is 25.5 Å². The van der Waals surface area contributed by atoms with Gasteiger partial charge in [0, 0.05) is 26.3 Å². The van der Waals surface area contributed by atoms with Crippen molar-refractivity contribution in [2.45, 2.75) is 13.8 Å². The number of sulfonamides is 1. The summed E-state index contributed by atoms with van der Waals surface area (Å²) in [6.07, 6.45) is 0. The van der Waals surface area contributed by atoms with Gasteiger partial charge in [-0.2, -0.15) is 5.26 Å². The number of nitrogens with one attached hydrogen (secondary N) is 1. The maximum absolute atomic E-state index is 11.6. The van der Waals surface area contributed by atoms with E-state index in [-0.39, 0.29) is 12.3 Å². The van der Waals surface area contributed by atoms with Crippen LogP contribution in [0.15, 0.2) is 6.07 Å². The zero-order valence-electron chi connectivity index (χ0n) is 11.6. The molecule has 104 valence electrons. The average Bonchev–Trinajstić information content (AvgIpc) is 2.27. The minimum Gasteiger partial charge on any atom is -0.368 e. The van der Waals surface area contributed by atoms with E-state index in [0.29, 0.717) is 11.4 Å². The van der Waals surface area contributed by atoms with Gasteiger partial charge in [-0.15, -0.1) is 0 Å². The molecule has 0 aliphatic rings. The van der Waals surface area contributed by atoms with Crippen LogP contribution in [-0.2, 0) is 10.0 Å². The van der Waals surface area contributed by atoms with Crippen molar-refractivity contribution >= 4 is 15.8 Å². The van der Waals surface area contributed by atoms with Gasteiger partial charge in [0.15, 0.2) is 0 Å². The summed E-state index contributed by atoms with van der Waals surface area (Å²) in [4.78, 5) is 4.23. The molecular weight excluding hydrogens is 264 g/mol. The highest BCUT2D eigenvalue weighted by Gasteiger charge is 2.14. The van der Waals surface area contributed by atoms with Crippen molar-refractivity contribution in [3.8, 4) is 6.07 Å². The molecule has 0 bridgehead atoms. The first-order valence-electron chi connectivity index (χ1n) is 5.80. The predicted octanol–water partition coefficient (Wildman–Crippen LogP) is 0.873. The van der Waals surface area contributed by atoms with Crippen LogP contribution in [0.4, 0.5) is 5.82 Å². The Bertz CT molecular complexity index is 603. The van der Waals surface area contributed by atoms with Crippen LogP contribution >= 0.6 is 0 Å². The van der Waals surface area contributed by atoms with Crippen molar-refractivity contribution in [1.29, 1.82) is 5.26 Å². The highest BCUT2D eigenvalue weighted by molar-refractivity contribution is 7.89. The highest BCUT2D eigenvalue weighted by atomic mass is 32.2. The van der Waals surface area contributed by atoms with Crippen molar-refractivity contribution in [3.63, 3.8) is 0 Å². The van der Waals surface area contributed by atoms with Gasteiger partial charge in [0.2, 0.25) is 10.0 Å². The first kappa shape index (κ1) is 15.4. The predicted molar refractivity (Wildman–Crippen MR) is 74.4 cm³/mol. The van der Waals surface area contributed by atoms with Gasteiger partial charge in [-0.25, -0.2) is 17.7 Å². The maximum atomic E-state index is 11.6. The number of pyridine rings is 1. The monoisotopic (exact) mass is 282 g/mol. The van der Waals surface area contributed by atoms with Gasteiger partial charge in [0.05, 0.1) is 11.3 Å². The van der Waals surface area contributed by atoms with Crippen LogP contribution in [-0.4, -0.2) is 44.1 Å². The minimum absolute atomic E-state index is 0.0421. The Labute approximate surface area is 114 Å². The smallest absolute Gasteiger partial charge is 0.215 e. The van der Waals surface area contributed by atoms with Crippen molar-refractivity contribution in [2.75, 3.05) is 31.7 Å². The summed E-state index contributed by atoms with van der Waals surface area (Å²) < 4.78 is 24.4. The van der Waals surface area contributed by atoms with Gasteiger partial charge >= 0.3 is 0 Å². The number of hydrogen-bond acceptors (Lipinski definition) is 5. The van der Waals surface area contributed by atoms with E-state index in [1.54, 1.807) is 0 Å². The summed E-state index contributed by atoms with van der Waals surface area (Å²) >= 11 is 0. The minimum atomic E-state index is -3.25. The second-order valence-electron chi connectivity index (χ2n) is 4.44. The fourth-order valence-corrected chi connectivity index (χ4v) is 2.31. The van der Waals surface area contributed by atoms with Crippen molar-refractivity contribution < 1.29 is 8.42 Å². The van der Waals surface area contributed by atoms with Gasteiger partial charge in [-0.3, -0.25) is 0 Å². The van der Waals surface area contributed by atoms with Gasteiger partial charge < -0.3 is 5.32 Å². The van der Waals surface area contributed by atoms with E-state index in [4.69, 9.17) is 5.26 Å². The van der Waals surface area contributed by atoms with Crippen LogP contribution in [0.2, 0.25) is 0 Å². The van der Waals surface area contributed by atoms with Crippen molar-refractivity contribution in [1.82, 2.24) is 9.29 Å². The largest absolute Gasteiger partial charge is 0.368 e. The lowest BCUT2D eigenvalue weighted by Crippen LogP contribution is -2.28. The molecule has 1 N–H and O–H groups in total. The molecule has 1 aromatic rings. The molecule has 0 aliphatic carbocycles. The fourth-order valence-electron chi connectivity index (χ4n) is 1.59. The maximum Gasteiger partial charge on any atom is 0.215 e. The summed E-state index contributed by atoms with van der Waals surface area (Å²) in [5.41, 5.74) is 2.07. The van der Waals surface area contributed by atoms with Gasteiger partial charge in [-0.1, -0.05) is 0 Å². The first-order chi connectivity index (χ1) is 8.77. The number of nitriles is 1. The summed E-state index contributed by atoms with van der Waals surface area (Å²) in [6, 6.07) is 3.90. The Kier molecular flexibility index (Phi) is 4.86. The molecule has 19 heavy (non-hydrogen) atoms. The second-order valence-corrected chi connectivity index (χ2v) is 6.74. The molecule has 1 rings (SSSR count). The lowest BCUT2D eigenvalue weighted by atomic mass is 10.1. The SMILES string of the molecule is Cc1cc(C)c(C#N)c(NCCS(=O)(=O)N(C)C)n1. The molecule has 0 fully saturated rings. The van der Waals surface area contributed by atoms with E-state index in [2.05, 4.69) is 16.4 Å². The number of rotatable bonds is 5. The van der Waals surface area contributed by atoms with E-state index >= 15 is 0 Å². The molecule has 0 spiro atoms. The third-order valence-corrected chi connectivity index (χ3v) is 4.50. The Hall–Kier alpha value is -1.65. The van der Waals surface area contributed by atoms with Crippen LogP contribution < -0.4 is 5.32 Å². The Morgan fingerprint density at radius 3 is 2.58 bits per heavy atom. The molecule has 0 saturated heterocycles. The van der Waals surface area contributed by atoms with Crippen LogP contribution in [0.3, 0.4) is 0 Å². The van der Waals surface area contributed by atoms with Crippen molar-refractivity contribution in [2.24, 2.45) is 0 Å². The molecular formula is C12H18N4O2S. The molecule has 6 nitrogen and oxygen atoms in total. The van der Waals surface area contributed by atoms with Gasteiger partial charge in [0.25, 0.3) is 0 Å². The Balaban J connectivity index is 2.83. The van der Waals surface area contributed by atoms with Crippen LogP contribution in [0.1, 0.15) is 16.8 Å². The average molecular weight is 282 g/mol. The Morgan fingerprint density at radius 1 is 1.42 bits per heavy atom. The molecule has 0 aromatic carbocycles. The summed E-state index contributed by atoms with van der Waals surface area (Å²) in [6.45, 7) is 3.87. The number of hydrogen-bond donors (Lipinski definition) is 1. The van der Waals surface area contributed by atoms with Crippen LogP contribution in [0.25, 0.3) is 0 Å². The lowest BCUT2D eigenvalue weighted by molar-refractivity contribution is 0.521. The molecule has 0 atom stereocenters. The molecule has 1 aromatic heterocycles. The zero-order chi connectivity index (χ0) is 14.6. The summed E-state index contributed by atoms with van der Waals surface area (Å²) in [7, 11) is -0.266. The van der Waals surface area contributed by atoms with E-state index in [1.165, 1.54) is 18.4 Å². The number of aromatic nitrogens is 1. The molecule has 0 aliphatic heterocycles. The fraction of sp³-hybridized carbons (Fsp3) is 0.500. The molecule has 0 radical (unpaired) electrons. The first-order valence-corrected chi connectivity index (χ1v) is 7.41. The van der Waals surface area contributed by atoms with Crippen LogP contribution in [0, 0.1) is 25.2 Å². The lowest BCUT2D eigenvalue weighted by Gasteiger charge is -2.13. The van der Waals surface area contributed by atoms with Crippen LogP contribution in [0.5, 0.6) is 0 Å². The van der Waals surface area contributed by atoms with Gasteiger partial charge in [0.1, 0.15) is 11.9 Å². The van der Waals surface area contributed by atoms with E-state index < -0.39 is 10.0 Å². The number of nitrogens with zero attached hydrogens (tertiary/aromatic N) is 3. The number of aryl methyl sites for hydroxylation is 2. The topological polar surface area (TPSA) is 86.1 Å². The normalized spacial score (nSPS) is 11.4.